The Morgan fingerprint density at radius 1 is 1.03 bits per heavy atom. The molecule has 5 rings (SSSR count). The van der Waals surface area contributed by atoms with Gasteiger partial charge in [-0.3, -0.25) is 4.68 Å². The maximum atomic E-state index is 12.9. The van der Waals surface area contributed by atoms with E-state index in [1.807, 2.05) is 55.2 Å². The smallest absolute Gasteiger partial charge is 0.185 e. The summed E-state index contributed by atoms with van der Waals surface area (Å²) in [5, 5.41) is 6.35. The molecule has 10 heteroatoms. The molecule has 3 aromatic heterocycles. The van der Waals surface area contributed by atoms with E-state index in [4.69, 9.17) is 11.6 Å². The van der Waals surface area contributed by atoms with Crippen LogP contribution in [0, 0.1) is 0 Å². The zero-order valence-electron chi connectivity index (χ0n) is 17.2. The largest absolute Gasteiger partial charge is 0.350 e. The normalized spacial score (nSPS) is 12.0. The average molecular weight is 484 g/mol. The van der Waals surface area contributed by atoms with Crippen molar-refractivity contribution in [3.05, 3.63) is 71.2 Å². The van der Waals surface area contributed by atoms with Gasteiger partial charge in [0.25, 0.3) is 0 Å². The molecule has 0 radical (unpaired) electrons. The van der Waals surface area contributed by atoms with Gasteiger partial charge in [-0.1, -0.05) is 23.7 Å². The number of fused-ring (bicyclic) bond motifs is 1. The van der Waals surface area contributed by atoms with Gasteiger partial charge in [0.2, 0.25) is 0 Å². The summed E-state index contributed by atoms with van der Waals surface area (Å²) in [5.41, 5.74) is 4.70. The molecule has 0 bridgehead atoms. The van der Waals surface area contributed by atoms with E-state index in [2.05, 4.69) is 14.5 Å². The van der Waals surface area contributed by atoms with Crippen molar-refractivity contribution in [2.75, 3.05) is 0 Å². The van der Waals surface area contributed by atoms with Crippen LogP contribution in [-0.2, 0) is 29.7 Å². The quantitative estimate of drug-likeness (QED) is 0.361. The molecule has 3 heterocycles. The van der Waals surface area contributed by atoms with Gasteiger partial charge in [0.05, 0.1) is 10.6 Å². The second-order valence-electron chi connectivity index (χ2n) is 7.46. The Bertz CT molecular complexity index is 1550. The highest BCUT2D eigenvalue weighted by Crippen LogP contribution is 2.39. The molecule has 162 valence electrons. The number of sulfone groups is 1. The molecule has 0 unspecified atom stereocenters. The summed E-state index contributed by atoms with van der Waals surface area (Å²) in [4.78, 5) is 4.26. The van der Waals surface area contributed by atoms with Crippen molar-refractivity contribution < 1.29 is 8.42 Å². The van der Waals surface area contributed by atoms with Crippen LogP contribution in [0.1, 0.15) is 5.01 Å². The van der Waals surface area contributed by atoms with Crippen LogP contribution in [0.2, 0.25) is 5.02 Å². The Labute approximate surface area is 194 Å². The van der Waals surface area contributed by atoms with Gasteiger partial charge in [-0.15, -0.1) is 0 Å². The first-order valence-electron chi connectivity index (χ1n) is 9.69. The van der Waals surface area contributed by atoms with Gasteiger partial charge in [-0.2, -0.15) is 9.47 Å². The lowest BCUT2D eigenvalue weighted by Crippen LogP contribution is -2.05. The number of hydrogen-bond donors (Lipinski definition) is 0. The van der Waals surface area contributed by atoms with E-state index in [0.29, 0.717) is 10.0 Å². The molecule has 0 aliphatic carbocycles. The van der Waals surface area contributed by atoms with E-state index in [1.165, 1.54) is 6.33 Å². The standard InChI is InChI=1S/C22H18ClN5O2S2/c1-27-11-19(16-5-3-14(23)9-18(16)20-7-8-25-28(20)2)17-6-4-15(10-21(17)27)32(29,30)12-22-24-13-26-31-22/h3-11,13H,12H2,1-2H3. The van der Waals surface area contributed by atoms with Gasteiger partial charge < -0.3 is 4.57 Å². The van der Waals surface area contributed by atoms with Crippen LogP contribution in [0.15, 0.2) is 66.1 Å². The summed E-state index contributed by atoms with van der Waals surface area (Å²) in [5.74, 6) is -0.164. The molecule has 0 N–H and O–H groups in total. The molecule has 0 aliphatic rings. The number of aryl methyl sites for hydroxylation is 2. The first-order chi connectivity index (χ1) is 15.3. The summed E-state index contributed by atoms with van der Waals surface area (Å²) in [6, 6.07) is 12.9. The van der Waals surface area contributed by atoms with E-state index in [1.54, 1.807) is 23.0 Å². The molecule has 5 aromatic rings. The third-order valence-corrected chi connectivity index (χ3v) is 8.11. The van der Waals surface area contributed by atoms with Gasteiger partial charge in [0.1, 0.15) is 17.1 Å². The van der Waals surface area contributed by atoms with Crippen molar-refractivity contribution in [2.24, 2.45) is 14.1 Å². The highest BCUT2D eigenvalue weighted by molar-refractivity contribution is 7.90. The summed E-state index contributed by atoms with van der Waals surface area (Å²) >= 11 is 7.41. The van der Waals surface area contributed by atoms with Crippen molar-refractivity contribution >= 4 is 43.9 Å². The zero-order valence-corrected chi connectivity index (χ0v) is 19.6. The van der Waals surface area contributed by atoms with Gasteiger partial charge in [-0.25, -0.2) is 13.4 Å². The van der Waals surface area contributed by atoms with E-state index in [-0.39, 0.29) is 10.6 Å². The molecule has 2 aromatic carbocycles. The molecular weight excluding hydrogens is 466 g/mol. The predicted molar refractivity (Wildman–Crippen MR) is 126 cm³/mol. The Balaban J connectivity index is 1.65. The second-order valence-corrected chi connectivity index (χ2v) is 10.7. The first-order valence-corrected chi connectivity index (χ1v) is 12.5. The molecule has 0 saturated carbocycles. The Morgan fingerprint density at radius 2 is 1.88 bits per heavy atom. The fourth-order valence-electron chi connectivity index (χ4n) is 3.88. The van der Waals surface area contributed by atoms with Crippen molar-refractivity contribution in [1.82, 2.24) is 23.7 Å². The second kappa shape index (κ2) is 7.84. The number of halogens is 1. The Morgan fingerprint density at radius 3 is 2.59 bits per heavy atom. The fourth-order valence-corrected chi connectivity index (χ4v) is 6.17. The van der Waals surface area contributed by atoms with E-state index >= 15 is 0 Å². The van der Waals surface area contributed by atoms with Crippen LogP contribution in [0.5, 0.6) is 0 Å². The highest BCUT2D eigenvalue weighted by Gasteiger charge is 2.21. The molecule has 0 saturated heterocycles. The molecule has 0 aliphatic heterocycles. The van der Waals surface area contributed by atoms with Crippen molar-refractivity contribution in [1.29, 1.82) is 0 Å². The third-order valence-electron chi connectivity index (χ3n) is 5.41. The van der Waals surface area contributed by atoms with Crippen LogP contribution >= 0.6 is 23.1 Å². The molecule has 32 heavy (non-hydrogen) atoms. The lowest BCUT2D eigenvalue weighted by atomic mass is 9.97. The minimum absolute atomic E-state index is 0.164. The molecule has 0 atom stereocenters. The van der Waals surface area contributed by atoms with Crippen molar-refractivity contribution in [3.63, 3.8) is 0 Å². The number of nitrogens with zero attached hydrogens (tertiary/aromatic N) is 5. The van der Waals surface area contributed by atoms with Crippen molar-refractivity contribution in [3.8, 4) is 22.4 Å². The Kier molecular flexibility index (Phi) is 5.11. The first kappa shape index (κ1) is 20.9. The molecule has 0 fully saturated rings. The molecule has 0 spiro atoms. The Hall–Kier alpha value is -3.01. The zero-order chi connectivity index (χ0) is 22.5. The lowest BCUT2D eigenvalue weighted by Gasteiger charge is -2.10. The van der Waals surface area contributed by atoms with Gasteiger partial charge in [0, 0.05) is 53.5 Å². The number of benzene rings is 2. The highest BCUT2D eigenvalue weighted by atomic mass is 35.5. The summed E-state index contributed by atoms with van der Waals surface area (Å²) in [6.07, 6.45) is 5.13. The SMILES string of the molecule is Cn1nccc1-c1cc(Cl)ccc1-c1cn(C)c2cc(S(=O)(=O)Cc3ncns3)ccc12. The number of rotatable bonds is 5. The van der Waals surface area contributed by atoms with E-state index in [9.17, 15) is 8.42 Å². The molecule has 0 amide bonds. The minimum atomic E-state index is -3.54. The van der Waals surface area contributed by atoms with Crippen LogP contribution < -0.4 is 0 Å². The van der Waals surface area contributed by atoms with Crippen LogP contribution in [0.3, 0.4) is 0 Å². The average Bonchev–Trinajstić information content (AvgIpc) is 3.49. The van der Waals surface area contributed by atoms with Gasteiger partial charge in [0.15, 0.2) is 9.84 Å². The van der Waals surface area contributed by atoms with Crippen LogP contribution in [-0.4, -0.2) is 32.1 Å². The summed E-state index contributed by atoms with van der Waals surface area (Å²) < 4.78 is 33.5. The topological polar surface area (TPSA) is 82.7 Å². The summed E-state index contributed by atoms with van der Waals surface area (Å²) in [6.45, 7) is 0. The minimum Gasteiger partial charge on any atom is -0.350 e. The van der Waals surface area contributed by atoms with Crippen LogP contribution in [0.25, 0.3) is 33.3 Å². The van der Waals surface area contributed by atoms with Crippen molar-refractivity contribution in [2.45, 2.75) is 10.6 Å². The van der Waals surface area contributed by atoms with Gasteiger partial charge in [-0.05, 0) is 47.4 Å². The monoisotopic (exact) mass is 483 g/mol. The number of aromatic nitrogens is 5. The molecule has 7 nitrogen and oxygen atoms in total. The maximum Gasteiger partial charge on any atom is 0.185 e. The number of hydrogen-bond acceptors (Lipinski definition) is 6. The predicted octanol–water partition coefficient (Wildman–Crippen LogP) is 4.72. The third kappa shape index (κ3) is 3.62. The summed E-state index contributed by atoms with van der Waals surface area (Å²) in [7, 11) is 0.260. The van der Waals surface area contributed by atoms with Crippen LogP contribution in [0.4, 0.5) is 0 Å². The maximum absolute atomic E-state index is 12.9. The lowest BCUT2D eigenvalue weighted by molar-refractivity contribution is 0.595. The fraction of sp³-hybridized carbons (Fsp3) is 0.136. The molecular formula is C22H18ClN5O2S2. The van der Waals surface area contributed by atoms with Gasteiger partial charge >= 0.3 is 0 Å². The van der Waals surface area contributed by atoms with E-state index in [0.717, 1.165) is 44.8 Å². The van der Waals surface area contributed by atoms with E-state index < -0.39 is 9.84 Å².